The molecule has 0 N–H and O–H groups in total. The van der Waals surface area contributed by atoms with Gasteiger partial charge in [-0.05, 0) is 0 Å². The van der Waals surface area contributed by atoms with E-state index in [2.05, 4.69) is 25.9 Å². The molecule has 5 heteroatoms. The van der Waals surface area contributed by atoms with E-state index in [0.29, 0.717) is 16.7 Å². The smallest absolute Gasteiger partial charge is 0.191 e. The Labute approximate surface area is 82.7 Å². The lowest BCUT2D eigenvalue weighted by atomic mass is 10.3. The lowest BCUT2D eigenvalue weighted by Gasteiger charge is -1.95. The van der Waals surface area contributed by atoms with E-state index in [1.807, 2.05) is 0 Å². The van der Waals surface area contributed by atoms with Crippen LogP contribution >= 0.6 is 15.9 Å². The first-order valence-corrected chi connectivity index (χ1v) is 4.81. The molecule has 0 aliphatic carbocycles. The van der Waals surface area contributed by atoms with Gasteiger partial charge in [0.1, 0.15) is 5.69 Å². The van der Waals surface area contributed by atoms with Crippen molar-refractivity contribution in [3.63, 3.8) is 0 Å². The summed E-state index contributed by atoms with van der Waals surface area (Å²) in [4.78, 5) is 19.3. The molecule has 0 aliphatic rings. The molecule has 0 fully saturated rings. The van der Waals surface area contributed by atoms with E-state index >= 15 is 0 Å². The molecular formula is C8H6BrN3O. The van der Waals surface area contributed by atoms with Crippen LogP contribution in [0.15, 0.2) is 24.8 Å². The summed E-state index contributed by atoms with van der Waals surface area (Å²) in [5, 5.41) is 0.309. The highest BCUT2D eigenvalue weighted by atomic mass is 79.9. The Bertz CT molecular complexity index is 451. The van der Waals surface area contributed by atoms with Gasteiger partial charge in [0, 0.05) is 12.4 Å². The molecule has 66 valence electrons. The molecule has 2 rings (SSSR count). The van der Waals surface area contributed by atoms with Gasteiger partial charge in [0.15, 0.2) is 11.4 Å². The lowest BCUT2D eigenvalue weighted by Crippen LogP contribution is -2.03. The van der Waals surface area contributed by atoms with Crippen molar-refractivity contribution in [3.05, 3.63) is 30.5 Å². The lowest BCUT2D eigenvalue weighted by molar-refractivity contribution is 0.101. The number of rotatable bonds is 2. The van der Waals surface area contributed by atoms with Gasteiger partial charge in [0.05, 0.1) is 17.7 Å². The van der Waals surface area contributed by atoms with E-state index in [9.17, 15) is 4.79 Å². The van der Waals surface area contributed by atoms with Gasteiger partial charge in [-0.2, -0.15) is 0 Å². The molecule has 13 heavy (non-hydrogen) atoms. The number of hydrogen-bond acceptors (Lipinski definition) is 3. The Morgan fingerprint density at radius 3 is 3.15 bits per heavy atom. The molecule has 2 heterocycles. The summed E-state index contributed by atoms with van der Waals surface area (Å²) in [6.07, 6.45) is 6.52. The topological polar surface area (TPSA) is 47.3 Å². The summed E-state index contributed by atoms with van der Waals surface area (Å²) in [5.41, 5.74) is 1.26. The molecular weight excluding hydrogens is 234 g/mol. The summed E-state index contributed by atoms with van der Waals surface area (Å²) < 4.78 is 1.72. The number of nitrogens with zero attached hydrogens (tertiary/aromatic N) is 3. The van der Waals surface area contributed by atoms with E-state index in [1.165, 1.54) is 0 Å². The Kier molecular flexibility index (Phi) is 2.10. The van der Waals surface area contributed by atoms with Crippen molar-refractivity contribution in [1.29, 1.82) is 0 Å². The van der Waals surface area contributed by atoms with Crippen LogP contribution in [0.5, 0.6) is 0 Å². The number of aromatic nitrogens is 3. The Morgan fingerprint density at radius 2 is 2.38 bits per heavy atom. The normalized spacial score (nSPS) is 10.5. The minimum Gasteiger partial charge on any atom is -0.294 e. The number of hydrogen-bond donors (Lipinski definition) is 0. The molecule has 0 bridgehead atoms. The van der Waals surface area contributed by atoms with Crippen molar-refractivity contribution >= 4 is 27.4 Å². The van der Waals surface area contributed by atoms with E-state index in [1.54, 1.807) is 29.2 Å². The maximum atomic E-state index is 11.4. The van der Waals surface area contributed by atoms with Crippen molar-refractivity contribution in [2.45, 2.75) is 0 Å². The van der Waals surface area contributed by atoms with Crippen LogP contribution in [0, 0.1) is 0 Å². The largest absolute Gasteiger partial charge is 0.294 e. The second kappa shape index (κ2) is 3.26. The van der Waals surface area contributed by atoms with Gasteiger partial charge in [-0.1, -0.05) is 15.9 Å². The minimum atomic E-state index is 0.0127. The Balaban J connectivity index is 2.64. The number of ketones is 1. The van der Waals surface area contributed by atoms with Gasteiger partial charge in [0.2, 0.25) is 0 Å². The molecule has 2 aromatic rings. The SMILES string of the molecule is O=C(CBr)c1cnc2cnccn12. The standard InChI is InChI=1S/C8H6BrN3O/c9-3-7(13)6-4-11-8-5-10-1-2-12(6)8/h1-2,4-5H,3H2. The third kappa shape index (κ3) is 1.35. The molecule has 4 nitrogen and oxygen atoms in total. The van der Waals surface area contributed by atoms with Gasteiger partial charge in [-0.3, -0.25) is 14.2 Å². The van der Waals surface area contributed by atoms with E-state index in [-0.39, 0.29) is 5.78 Å². The van der Waals surface area contributed by atoms with Crippen LogP contribution in [0.1, 0.15) is 10.5 Å². The van der Waals surface area contributed by atoms with Gasteiger partial charge >= 0.3 is 0 Å². The summed E-state index contributed by atoms with van der Waals surface area (Å²) in [6, 6.07) is 0. The van der Waals surface area contributed by atoms with Gasteiger partial charge in [0.25, 0.3) is 0 Å². The second-order valence-corrected chi connectivity index (χ2v) is 3.07. The van der Waals surface area contributed by atoms with Crippen molar-refractivity contribution in [1.82, 2.24) is 14.4 Å². The molecule has 0 amide bonds. The predicted octanol–water partition coefficient (Wildman–Crippen LogP) is 1.31. The van der Waals surface area contributed by atoms with Crippen LogP contribution in [-0.4, -0.2) is 25.5 Å². The van der Waals surface area contributed by atoms with Crippen LogP contribution < -0.4 is 0 Å². The molecule has 0 radical (unpaired) electrons. The maximum absolute atomic E-state index is 11.4. The fraction of sp³-hybridized carbons (Fsp3) is 0.125. The summed E-state index contributed by atoms with van der Waals surface area (Å²) in [5.74, 6) is 0.0127. The number of carbonyl (C=O) groups excluding carboxylic acids is 1. The molecule has 0 unspecified atom stereocenters. The molecule has 0 saturated carbocycles. The van der Waals surface area contributed by atoms with Gasteiger partial charge < -0.3 is 0 Å². The highest BCUT2D eigenvalue weighted by Crippen LogP contribution is 2.06. The second-order valence-electron chi connectivity index (χ2n) is 2.50. The molecule has 0 aromatic carbocycles. The van der Waals surface area contributed by atoms with Crippen LogP contribution in [0.4, 0.5) is 0 Å². The first kappa shape index (κ1) is 8.37. The summed E-state index contributed by atoms with van der Waals surface area (Å²) >= 11 is 3.12. The number of imidazole rings is 1. The fourth-order valence-electron chi connectivity index (χ4n) is 1.12. The van der Waals surface area contributed by atoms with Crippen molar-refractivity contribution in [2.24, 2.45) is 0 Å². The number of alkyl halides is 1. The summed E-state index contributed by atoms with van der Waals surface area (Å²) in [6.45, 7) is 0. The van der Waals surface area contributed by atoms with Crippen LogP contribution in [-0.2, 0) is 0 Å². The number of halogens is 1. The van der Waals surface area contributed by atoms with E-state index in [4.69, 9.17) is 0 Å². The van der Waals surface area contributed by atoms with Crippen molar-refractivity contribution < 1.29 is 4.79 Å². The van der Waals surface area contributed by atoms with Crippen LogP contribution in [0.2, 0.25) is 0 Å². The molecule has 2 aromatic heterocycles. The molecule has 0 saturated heterocycles. The van der Waals surface area contributed by atoms with E-state index in [0.717, 1.165) is 0 Å². The minimum absolute atomic E-state index is 0.0127. The van der Waals surface area contributed by atoms with Crippen LogP contribution in [0.25, 0.3) is 5.65 Å². The Hall–Kier alpha value is -1.23. The van der Waals surface area contributed by atoms with Crippen LogP contribution in [0.3, 0.4) is 0 Å². The van der Waals surface area contributed by atoms with Crippen molar-refractivity contribution in [2.75, 3.05) is 5.33 Å². The third-order valence-electron chi connectivity index (χ3n) is 1.72. The maximum Gasteiger partial charge on any atom is 0.191 e. The third-order valence-corrected chi connectivity index (χ3v) is 2.23. The van der Waals surface area contributed by atoms with E-state index < -0.39 is 0 Å². The molecule has 0 spiro atoms. The monoisotopic (exact) mass is 239 g/mol. The van der Waals surface area contributed by atoms with Gasteiger partial charge in [-0.15, -0.1) is 0 Å². The zero-order valence-corrected chi connectivity index (χ0v) is 8.23. The average Bonchev–Trinajstić information content (AvgIpc) is 2.60. The highest BCUT2D eigenvalue weighted by molar-refractivity contribution is 9.09. The fourth-order valence-corrected chi connectivity index (χ4v) is 1.40. The van der Waals surface area contributed by atoms with Gasteiger partial charge in [-0.25, -0.2) is 4.98 Å². The summed E-state index contributed by atoms with van der Waals surface area (Å²) in [7, 11) is 0. The molecule has 0 aliphatic heterocycles. The van der Waals surface area contributed by atoms with Crippen molar-refractivity contribution in [3.8, 4) is 0 Å². The number of carbonyl (C=O) groups is 1. The Morgan fingerprint density at radius 1 is 1.54 bits per heavy atom. The predicted molar refractivity (Wildman–Crippen MR) is 51.1 cm³/mol. The average molecular weight is 240 g/mol. The zero-order chi connectivity index (χ0) is 9.26. The zero-order valence-electron chi connectivity index (χ0n) is 6.64. The first-order chi connectivity index (χ1) is 6.33. The number of Topliss-reactive ketones (excluding diaryl/α,β-unsaturated/α-hetero) is 1. The first-order valence-electron chi connectivity index (χ1n) is 3.69. The quantitative estimate of drug-likeness (QED) is 0.587. The number of fused-ring (bicyclic) bond motifs is 1. The highest BCUT2D eigenvalue weighted by Gasteiger charge is 2.09. The molecule has 0 atom stereocenters.